The Morgan fingerprint density at radius 3 is 2.67 bits per heavy atom. The van der Waals surface area contributed by atoms with Gasteiger partial charge in [0.15, 0.2) is 0 Å². The predicted molar refractivity (Wildman–Crippen MR) is 96.7 cm³/mol. The molecule has 0 spiro atoms. The van der Waals surface area contributed by atoms with Gasteiger partial charge >= 0.3 is 0 Å². The van der Waals surface area contributed by atoms with E-state index in [2.05, 4.69) is 15.3 Å². The Balaban J connectivity index is 1.73. The number of primary sulfonamides is 1. The van der Waals surface area contributed by atoms with E-state index in [4.69, 9.17) is 9.88 Å². The molecule has 1 aromatic heterocycles. The standard InChI is InChI=1S/C17H19N5O4S/c18-8-12-9-20-17(21-13-4-6-14(7-5-13)27(19,24)25)22-16(12)26-10-11-2-1-3-15(11)23/h4-7,9,11,15,23H,1-3,10H2,(H2,19,24,25)(H,20,21,22)/t11-,15-/m0/s1. The average molecular weight is 389 g/mol. The molecule has 9 nitrogen and oxygen atoms in total. The molecule has 27 heavy (non-hydrogen) atoms. The number of nitrogens with zero attached hydrogens (tertiary/aromatic N) is 3. The molecule has 1 fully saturated rings. The molecule has 2 aromatic rings. The SMILES string of the molecule is N#Cc1cnc(Nc2ccc(S(N)(=O)=O)cc2)nc1OC[C@@H]1CCC[C@@H]1O. The first-order valence-electron chi connectivity index (χ1n) is 8.34. The minimum Gasteiger partial charge on any atom is -0.476 e. The molecule has 0 bridgehead atoms. The first-order valence-corrected chi connectivity index (χ1v) is 9.89. The summed E-state index contributed by atoms with van der Waals surface area (Å²) in [6.07, 6.45) is 3.52. The maximum absolute atomic E-state index is 11.3. The number of anilines is 2. The zero-order valence-electron chi connectivity index (χ0n) is 14.4. The fourth-order valence-corrected chi connectivity index (χ4v) is 3.38. The first kappa shape index (κ1) is 19.0. The van der Waals surface area contributed by atoms with Gasteiger partial charge in [-0.15, -0.1) is 0 Å². The molecule has 3 rings (SSSR count). The number of nitriles is 1. The van der Waals surface area contributed by atoms with Crippen molar-refractivity contribution in [1.29, 1.82) is 5.26 Å². The van der Waals surface area contributed by atoms with E-state index in [1.54, 1.807) is 0 Å². The summed E-state index contributed by atoms with van der Waals surface area (Å²) >= 11 is 0. The van der Waals surface area contributed by atoms with Gasteiger partial charge in [0.1, 0.15) is 11.6 Å². The van der Waals surface area contributed by atoms with Crippen molar-refractivity contribution in [1.82, 2.24) is 9.97 Å². The van der Waals surface area contributed by atoms with Gasteiger partial charge in [-0.25, -0.2) is 18.5 Å². The summed E-state index contributed by atoms with van der Waals surface area (Å²) in [5, 5.41) is 27.1. The van der Waals surface area contributed by atoms with Crippen molar-refractivity contribution in [3.63, 3.8) is 0 Å². The van der Waals surface area contributed by atoms with Gasteiger partial charge in [-0.1, -0.05) is 6.42 Å². The van der Waals surface area contributed by atoms with Gasteiger partial charge in [0.05, 0.1) is 23.8 Å². The third kappa shape index (κ3) is 4.71. The number of sulfonamides is 1. The van der Waals surface area contributed by atoms with Crippen molar-refractivity contribution in [2.45, 2.75) is 30.3 Å². The maximum Gasteiger partial charge on any atom is 0.238 e. The van der Waals surface area contributed by atoms with E-state index in [1.807, 2.05) is 6.07 Å². The summed E-state index contributed by atoms with van der Waals surface area (Å²) < 4.78 is 28.2. The normalized spacial score (nSPS) is 19.4. The highest BCUT2D eigenvalue weighted by atomic mass is 32.2. The van der Waals surface area contributed by atoms with Gasteiger partial charge < -0.3 is 15.2 Å². The monoisotopic (exact) mass is 389 g/mol. The lowest BCUT2D eigenvalue weighted by molar-refractivity contribution is 0.0969. The van der Waals surface area contributed by atoms with E-state index < -0.39 is 16.1 Å². The summed E-state index contributed by atoms with van der Waals surface area (Å²) in [5.41, 5.74) is 0.738. The number of aliphatic hydroxyl groups is 1. The number of ether oxygens (including phenoxy) is 1. The van der Waals surface area contributed by atoms with Crippen molar-refractivity contribution in [3.05, 3.63) is 36.0 Å². The first-order chi connectivity index (χ1) is 12.9. The van der Waals surface area contributed by atoms with Crippen molar-refractivity contribution < 1.29 is 18.3 Å². The summed E-state index contributed by atoms with van der Waals surface area (Å²) in [5.74, 6) is 0.350. The van der Waals surface area contributed by atoms with Gasteiger partial charge in [0.25, 0.3) is 0 Å². The molecule has 2 atom stereocenters. The zero-order valence-corrected chi connectivity index (χ0v) is 15.2. The highest BCUT2D eigenvalue weighted by Gasteiger charge is 2.26. The Bertz CT molecular complexity index is 956. The van der Waals surface area contributed by atoms with Crippen LogP contribution in [-0.4, -0.2) is 36.2 Å². The molecule has 1 heterocycles. The number of aliphatic hydroxyl groups excluding tert-OH is 1. The highest BCUT2D eigenvalue weighted by Crippen LogP contribution is 2.27. The highest BCUT2D eigenvalue weighted by molar-refractivity contribution is 7.89. The van der Waals surface area contributed by atoms with Crippen LogP contribution in [0.2, 0.25) is 0 Å². The molecule has 10 heteroatoms. The number of hydrogen-bond acceptors (Lipinski definition) is 8. The van der Waals surface area contributed by atoms with Gasteiger partial charge in [-0.05, 0) is 37.1 Å². The van der Waals surface area contributed by atoms with Gasteiger partial charge in [0, 0.05) is 11.6 Å². The largest absolute Gasteiger partial charge is 0.476 e. The van der Waals surface area contributed by atoms with Crippen molar-refractivity contribution >= 4 is 21.7 Å². The summed E-state index contributed by atoms with van der Waals surface area (Å²) in [6.45, 7) is 0.273. The average Bonchev–Trinajstić information content (AvgIpc) is 3.05. The molecule has 1 saturated carbocycles. The fraction of sp³-hybridized carbons (Fsp3) is 0.353. The van der Waals surface area contributed by atoms with Crippen LogP contribution in [0.3, 0.4) is 0 Å². The Hall–Kier alpha value is -2.74. The molecule has 1 aromatic carbocycles. The van der Waals surface area contributed by atoms with E-state index in [0.717, 1.165) is 19.3 Å². The number of hydrogen-bond donors (Lipinski definition) is 3. The van der Waals surface area contributed by atoms with Crippen LogP contribution in [-0.2, 0) is 10.0 Å². The molecule has 0 amide bonds. The summed E-state index contributed by atoms with van der Waals surface area (Å²) in [6, 6.07) is 7.75. The lowest BCUT2D eigenvalue weighted by atomic mass is 10.1. The third-order valence-electron chi connectivity index (χ3n) is 4.37. The van der Waals surface area contributed by atoms with E-state index in [0.29, 0.717) is 5.69 Å². The topological polar surface area (TPSA) is 151 Å². The van der Waals surface area contributed by atoms with E-state index in [9.17, 15) is 18.8 Å². The maximum atomic E-state index is 11.3. The minimum atomic E-state index is -3.76. The van der Waals surface area contributed by atoms with Gasteiger partial charge in [-0.3, -0.25) is 0 Å². The van der Waals surface area contributed by atoms with Crippen molar-refractivity contribution in [2.24, 2.45) is 11.1 Å². The van der Waals surface area contributed by atoms with E-state index in [1.165, 1.54) is 30.5 Å². The second kappa shape index (κ2) is 7.87. The Morgan fingerprint density at radius 1 is 1.33 bits per heavy atom. The number of rotatable bonds is 6. The zero-order chi connectivity index (χ0) is 19.4. The van der Waals surface area contributed by atoms with Crippen LogP contribution in [0.1, 0.15) is 24.8 Å². The minimum absolute atomic E-state index is 0.00654. The number of aromatic nitrogens is 2. The second-order valence-corrected chi connectivity index (χ2v) is 7.85. The lowest BCUT2D eigenvalue weighted by Crippen LogP contribution is -2.21. The van der Waals surface area contributed by atoms with Crippen LogP contribution in [0.15, 0.2) is 35.4 Å². The van der Waals surface area contributed by atoms with E-state index >= 15 is 0 Å². The molecule has 0 radical (unpaired) electrons. The van der Waals surface area contributed by atoms with Crippen LogP contribution >= 0.6 is 0 Å². The predicted octanol–water partition coefficient (Wildman–Crippen LogP) is 1.28. The third-order valence-corrected chi connectivity index (χ3v) is 5.30. The molecule has 142 valence electrons. The molecule has 0 saturated heterocycles. The molecule has 1 aliphatic carbocycles. The Morgan fingerprint density at radius 2 is 2.07 bits per heavy atom. The smallest absolute Gasteiger partial charge is 0.238 e. The summed E-state index contributed by atoms with van der Waals surface area (Å²) in [4.78, 5) is 8.25. The Kier molecular flexibility index (Phi) is 5.55. The van der Waals surface area contributed by atoms with Crippen molar-refractivity contribution in [2.75, 3.05) is 11.9 Å². The molecule has 1 aliphatic rings. The number of benzene rings is 1. The van der Waals surface area contributed by atoms with Crippen LogP contribution < -0.4 is 15.2 Å². The van der Waals surface area contributed by atoms with Crippen molar-refractivity contribution in [3.8, 4) is 11.9 Å². The van der Waals surface area contributed by atoms with E-state index in [-0.39, 0.29) is 34.8 Å². The van der Waals surface area contributed by atoms with Crippen LogP contribution in [0.5, 0.6) is 5.88 Å². The molecule has 0 unspecified atom stereocenters. The van der Waals surface area contributed by atoms with Crippen LogP contribution in [0.4, 0.5) is 11.6 Å². The van der Waals surface area contributed by atoms with Gasteiger partial charge in [0.2, 0.25) is 21.9 Å². The molecule has 0 aliphatic heterocycles. The number of nitrogens with one attached hydrogen (secondary N) is 1. The van der Waals surface area contributed by atoms with Crippen LogP contribution in [0.25, 0.3) is 0 Å². The summed E-state index contributed by atoms with van der Waals surface area (Å²) in [7, 11) is -3.76. The van der Waals surface area contributed by atoms with Crippen LogP contribution in [0, 0.1) is 17.2 Å². The molecule has 4 N–H and O–H groups in total. The second-order valence-electron chi connectivity index (χ2n) is 6.29. The fourth-order valence-electron chi connectivity index (χ4n) is 2.87. The lowest BCUT2D eigenvalue weighted by Gasteiger charge is -2.15. The molecular formula is C17H19N5O4S. The Labute approximate surface area is 156 Å². The quantitative estimate of drug-likeness (QED) is 0.668. The van der Waals surface area contributed by atoms with Gasteiger partial charge in [-0.2, -0.15) is 10.2 Å². The molecular weight excluding hydrogens is 370 g/mol. The number of nitrogens with two attached hydrogens (primary N) is 1.